The van der Waals surface area contributed by atoms with Crippen LogP contribution < -0.4 is 10.6 Å². The Bertz CT molecular complexity index is 341. The Kier molecular flexibility index (Phi) is 3.38. The molecule has 2 unspecified atom stereocenters. The van der Waals surface area contributed by atoms with Gasteiger partial charge in [-0.25, -0.2) is 0 Å². The van der Waals surface area contributed by atoms with E-state index < -0.39 is 5.54 Å². The van der Waals surface area contributed by atoms with Crippen molar-refractivity contribution in [2.45, 2.75) is 44.7 Å². The molecule has 17 heavy (non-hydrogen) atoms. The molecule has 2 saturated heterocycles. The number of guanidine groups is 1. The second kappa shape index (κ2) is 4.64. The summed E-state index contributed by atoms with van der Waals surface area (Å²) in [4.78, 5) is 18.7. The van der Waals surface area contributed by atoms with Crippen LogP contribution in [0.5, 0.6) is 0 Å². The summed E-state index contributed by atoms with van der Waals surface area (Å²) in [6.45, 7) is 5.95. The summed E-state index contributed by atoms with van der Waals surface area (Å²) in [6, 6.07) is 0.424. The monoisotopic (exact) mass is 238 g/mol. The Morgan fingerprint density at radius 1 is 1.59 bits per heavy atom. The van der Waals surface area contributed by atoms with Crippen LogP contribution in [0.4, 0.5) is 0 Å². The Morgan fingerprint density at radius 3 is 3.00 bits per heavy atom. The highest BCUT2D eigenvalue weighted by Gasteiger charge is 2.48. The van der Waals surface area contributed by atoms with Crippen LogP contribution >= 0.6 is 0 Å². The van der Waals surface area contributed by atoms with Crippen molar-refractivity contribution in [1.82, 2.24) is 15.5 Å². The third kappa shape index (κ3) is 2.29. The summed E-state index contributed by atoms with van der Waals surface area (Å²) in [6.07, 6.45) is 2.69. The first-order valence-corrected chi connectivity index (χ1v) is 6.42. The molecule has 2 atom stereocenters. The fourth-order valence-corrected chi connectivity index (χ4v) is 2.51. The average Bonchev–Trinajstić information content (AvgIpc) is 2.59. The van der Waals surface area contributed by atoms with Gasteiger partial charge in [-0.3, -0.25) is 15.1 Å². The van der Waals surface area contributed by atoms with E-state index in [2.05, 4.69) is 41.4 Å². The first-order chi connectivity index (χ1) is 8.07. The van der Waals surface area contributed by atoms with Gasteiger partial charge in [-0.15, -0.1) is 0 Å². The largest absolute Gasteiger partial charge is 0.342 e. The molecule has 0 aromatic heterocycles. The second-order valence-corrected chi connectivity index (χ2v) is 5.18. The maximum atomic E-state index is 12.1. The highest BCUT2D eigenvalue weighted by Crippen LogP contribution is 2.28. The van der Waals surface area contributed by atoms with E-state index in [1.807, 2.05) is 0 Å². The number of carbonyl (C=O) groups excluding carboxylic acids is 1. The summed E-state index contributed by atoms with van der Waals surface area (Å²) in [5, 5.41) is 6.17. The van der Waals surface area contributed by atoms with Crippen LogP contribution in [-0.4, -0.2) is 48.5 Å². The molecule has 0 aromatic carbocycles. The van der Waals surface area contributed by atoms with E-state index in [1.54, 1.807) is 0 Å². The molecule has 5 nitrogen and oxygen atoms in total. The quantitative estimate of drug-likeness (QED) is 0.728. The first-order valence-electron chi connectivity index (χ1n) is 6.42. The van der Waals surface area contributed by atoms with Crippen molar-refractivity contribution in [1.29, 1.82) is 0 Å². The normalized spacial score (nSPS) is 36.3. The van der Waals surface area contributed by atoms with E-state index in [4.69, 9.17) is 0 Å². The molecule has 0 aliphatic carbocycles. The molecular formula is C12H22N4O. The van der Waals surface area contributed by atoms with Gasteiger partial charge in [-0.05, 0) is 33.2 Å². The molecule has 2 heterocycles. The molecule has 2 aliphatic heterocycles. The predicted molar refractivity (Wildman–Crippen MR) is 67.9 cm³/mol. The highest BCUT2D eigenvalue weighted by molar-refractivity contribution is 6.09. The number of nitrogens with zero attached hydrogens (tertiary/aromatic N) is 2. The molecule has 1 amide bonds. The number of nitrogens with one attached hydrogen (secondary N) is 2. The Hall–Kier alpha value is -1.10. The minimum absolute atomic E-state index is 0.0901. The molecule has 2 fully saturated rings. The first kappa shape index (κ1) is 12.4. The molecule has 0 saturated carbocycles. The number of amides is 1. The maximum absolute atomic E-state index is 12.1. The maximum Gasteiger partial charge on any atom is 0.252 e. The van der Waals surface area contributed by atoms with E-state index in [-0.39, 0.29) is 5.91 Å². The van der Waals surface area contributed by atoms with Crippen molar-refractivity contribution in [3.63, 3.8) is 0 Å². The van der Waals surface area contributed by atoms with E-state index in [0.29, 0.717) is 12.0 Å². The molecule has 0 radical (unpaired) electrons. The minimum Gasteiger partial charge on any atom is -0.342 e. The van der Waals surface area contributed by atoms with Gasteiger partial charge in [0.1, 0.15) is 5.54 Å². The van der Waals surface area contributed by atoms with Gasteiger partial charge in [-0.2, -0.15) is 0 Å². The van der Waals surface area contributed by atoms with Crippen molar-refractivity contribution < 1.29 is 4.79 Å². The molecule has 0 bridgehead atoms. The van der Waals surface area contributed by atoms with Gasteiger partial charge in [0.25, 0.3) is 5.91 Å². The number of rotatable bonds is 2. The summed E-state index contributed by atoms with van der Waals surface area (Å²) in [5.41, 5.74) is -0.418. The Labute approximate surface area is 103 Å². The molecule has 2 rings (SSSR count). The van der Waals surface area contributed by atoms with Crippen LogP contribution in [0, 0.1) is 0 Å². The van der Waals surface area contributed by atoms with E-state index in [1.165, 1.54) is 0 Å². The van der Waals surface area contributed by atoms with Gasteiger partial charge in [-0.1, -0.05) is 6.92 Å². The SMILES string of the molecule is CCCN=C1NC(=O)C2(CCN(C)C(C)C2)N1. The van der Waals surface area contributed by atoms with E-state index in [9.17, 15) is 4.79 Å². The van der Waals surface area contributed by atoms with Crippen LogP contribution in [0.25, 0.3) is 0 Å². The Balaban J connectivity index is 2.09. The van der Waals surface area contributed by atoms with Crippen LogP contribution in [0.1, 0.15) is 33.1 Å². The lowest BCUT2D eigenvalue weighted by atomic mass is 9.84. The highest BCUT2D eigenvalue weighted by atomic mass is 16.2. The standard InChI is InChI=1S/C12H22N4O/c1-4-6-13-11-14-10(17)12(15-11)5-7-16(3)9(2)8-12/h9H,4-8H2,1-3H3,(H2,13,14,15,17). The summed E-state index contributed by atoms with van der Waals surface area (Å²) in [5.74, 6) is 0.751. The zero-order valence-electron chi connectivity index (χ0n) is 10.9. The molecule has 2 N–H and O–H groups in total. The summed E-state index contributed by atoms with van der Waals surface area (Å²) in [7, 11) is 2.11. The zero-order valence-corrected chi connectivity index (χ0v) is 10.9. The number of carbonyl (C=O) groups is 1. The molecule has 2 aliphatic rings. The van der Waals surface area contributed by atoms with E-state index in [0.717, 1.165) is 32.4 Å². The number of hydrogen-bond acceptors (Lipinski definition) is 3. The van der Waals surface area contributed by atoms with Crippen molar-refractivity contribution in [2.75, 3.05) is 20.1 Å². The summed E-state index contributed by atoms with van der Waals surface area (Å²) < 4.78 is 0. The number of likely N-dealkylation sites (tertiary alicyclic amines) is 1. The van der Waals surface area contributed by atoms with Crippen LogP contribution in [0.15, 0.2) is 4.99 Å². The third-order valence-electron chi connectivity index (χ3n) is 3.81. The average molecular weight is 238 g/mol. The fraction of sp³-hybridized carbons (Fsp3) is 0.833. The molecule has 0 aromatic rings. The predicted octanol–water partition coefficient (Wildman–Crippen LogP) is 0.325. The molecule has 96 valence electrons. The van der Waals surface area contributed by atoms with Crippen LogP contribution in [0.3, 0.4) is 0 Å². The smallest absolute Gasteiger partial charge is 0.252 e. The number of hydrogen-bond donors (Lipinski definition) is 2. The van der Waals surface area contributed by atoms with Gasteiger partial charge >= 0.3 is 0 Å². The number of piperidine rings is 1. The third-order valence-corrected chi connectivity index (χ3v) is 3.81. The van der Waals surface area contributed by atoms with Gasteiger partial charge in [0.05, 0.1) is 0 Å². The molecular weight excluding hydrogens is 216 g/mol. The van der Waals surface area contributed by atoms with Gasteiger partial charge in [0.2, 0.25) is 0 Å². The lowest BCUT2D eigenvalue weighted by Crippen LogP contribution is -2.57. The Morgan fingerprint density at radius 2 is 2.35 bits per heavy atom. The van der Waals surface area contributed by atoms with Gasteiger partial charge in [0, 0.05) is 19.1 Å². The van der Waals surface area contributed by atoms with Crippen LogP contribution in [-0.2, 0) is 4.79 Å². The van der Waals surface area contributed by atoms with Crippen LogP contribution in [0.2, 0.25) is 0 Å². The molecule has 5 heteroatoms. The van der Waals surface area contributed by atoms with Crippen molar-refractivity contribution in [2.24, 2.45) is 4.99 Å². The summed E-state index contributed by atoms with van der Waals surface area (Å²) >= 11 is 0. The van der Waals surface area contributed by atoms with Gasteiger partial charge < -0.3 is 10.2 Å². The number of aliphatic imine (C=N–C) groups is 1. The lowest BCUT2D eigenvalue weighted by Gasteiger charge is -2.40. The topological polar surface area (TPSA) is 56.7 Å². The molecule has 1 spiro atoms. The zero-order chi connectivity index (χ0) is 12.5. The van der Waals surface area contributed by atoms with Crippen molar-refractivity contribution in [3.8, 4) is 0 Å². The van der Waals surface area contributed by atoms with Gasteiger partial charge in [0.15, 0.2) is 5.96 Å². The minimum atomic E-state index is -0.418. The van der Waals surface area contributed by atoms with Crippen molar-refractivity contribution >= 4 is 11.9 Å². The van der Waals surface area contributed by atoms with E-state index >= 15 is 0 Å². The fourth-order valence-electron chi connectivity index (χ4n) is 2.51. The van der Waals surface area contributed by atoms with Crippen molar-refractivity contribution in [3.05, 3.63) is 0 Å². The second-order valence-electron chi connectivity index (χ2n) is 5.18. The lowest BCUT2D eigenvalue weighted by molar-refractivity contribution is -0.126.